The summed E-state index contributed by atoms with van der Waals surface area (Å²) in [6, 6.07) is 8.85. The highest BCUT2D eigenvalue weighted by Crippen LogP contribution is 2.04. The van der Waals surface area contributed by atoms with E-state index >= 15 is 0 Å². The van der Waals surface area contributed by atoms with Crippen molar-refractivity contribution in [3.05, 3.63) is 35.9 Å². The van der Waals surface area contributed by atoms with Gasteiger partial charge in [0.2, 0.25) is 5.91 Å². The first-order valence-electron chi connectivity index (χ1n) is 5.02. The largest absolute Gasteiger partial charge is 0.467 e. The molecule has 0 saturated heterocycles. The number of hydrogen-bond donors (Lipinski definition) is 1. The third kappa shape index (κ3) is 3.73. The Morgan fingerprint density at radius 1 is 1.31 bits per heavy atom. The first-order chi connectivity index (χ1) is 7.63. The Hall–Kier alpha value is -1.84. The second kappa shape index (κ2) is 5.90. The highest BCUT2D eigenvalue weighted by molar-refractivity contribution is 5.83. The van der Waals surface area contributed by atoms with Crippen molar-refractivity contribution in [3.63, 3.8) is 0 Å². The van der Waals surface area contributed by atoms with Crippen molar-refractivity contribution >= 4 is 11.9 Å². The molecule has 1 N–H and O–H groups in total. The molecule has 16 heavy (non-hydrogen) atoms. The van der Waals surface area contributed by atoms with E-state index in [1.807, 2.05) is 30.3 Å². The summed E-state index contributed by atoms with van der Waals surface area (Å²) in [5, 5.41) is 2.57. The van der Waals surface area contributed by atoms with E-state index in [0.29, 0.717) is 6.42 Å². The van der Waals surface area contributed by atoms with E-state index in [1.165, 1.54) is 14.0 Å². The molecule has 1 rings (SSSR count). The number of esters is 1. The van der Waals surface area contributed by atoms with Gasteiger partial charge in [0.25, 0.3) is 0 Å². The monoisotopic (exact) mass is 230 g/mol. The minimum atomic E-state index is -0.620. The fourth-order valence-electron chi connectivity index (χ4n) is 1.43. The summed E-state index contributed by atoms with van der Waals surface area (Å²) in [4.78, 5) is 22.4. The zero-order chi connectivity index (χ0) is 12.0. The number of ether oxygens (including phenoxy) is 1. The van der Waals surface area contributed by atoms with Crippen molar-refractivity contribution in [2.45, 2.75) is 19.4 Å². The molecule has 4 heteroatoms. The van der Waals surface area contributed by atoms with Gasteiger partial charge in [0.15, 0.2) is 0 Å². The molecule has 0 spiro atoms. The minimum absolute atomic E-state index is 0.244. The number of benzene rings is 1. The highest BCUT2D eigenvalue weighted by Gasteiger charge is 2.20. The van der Waals surface area contributed by atoms with Gasteiger partial charge in [0.05, 0.1) is 7.11 Å². The van der Waals surface area contributed by atoms with Crippen molar-refractivity contribution in [2.75, 3.05) is 7.11 Å². The van der Waals surface area contributed by atoms with E-state index < -0.39 is 12.0 Å². The van der Waals surface area contributed by atoms with Crippen LogP contribution in [0.2, 0.25) is 0 Å². The standard InChI is InChI=1S/C12H15NO3/c1-9(14)13-11(12(15)16-2)8-10-6-4-3-5-7-10/h3-7,11H,8H2,1-2H3,(H,13,14)/i3+1,4+1,5+1,6+1,7+1,8+1,10+1,11+1,12+1. The van der Waals surface area contributed by atoms with Crippen molar-refractivity contribution in [2.24, 2.45) is 0 Å². The van der Waals surface area contributed by atoms with Crippen LogP contribution in [0.5, 0.6) is 0 Å². The van der Waals surface area contributed by atoms with Crippen LogP contribution in [-0.4, -0.2) is 25.0 Å². The number of amides is 1. The number of carbonyl (C=O) groups is 2. The summed E-state index contributed by atoms with van der Waals surface area (Å²) >= 11 is 0. The lowest BCUT2D eigenvalue weighted by Crippen LogP contribution is -2.41. The Morgan fingerprint density at radius 2 is 1.94 bits per heavy atom. The van der Waals surface area contributed by atoms with Gasteiger partial charge >= 0.3 is 5.97 Å². The van der Waals surface area contributed by atoms with E-state index in [0.717, 1.165) is 5.56 Å². The molecule has 1 aromatic carbocycles. The van der Waals surface area contributed by atoms with Gasteiger partial charge in [-0.1, -0.05) is 30.3 Å². The van der Waals surface area contributed by atoms with Crippen LogP contribution in [-0.2, 0) is 20.7 Å². The average molecular weight is 230 g/mol. The Morgan fingerprint density at radius 3 is 2.44 bits per heavy atom. The van der Waals surface area contributed by atoms with Gasteiger partial charge < -0.3 is 10.1 Å². The molecule has 0 radical (unpaired) electrons. The molecule has 86 valence electrons. The molecule has 0 heterocycles. The minimum Gasteiger partial charge on any atom is -0.467 e. The highest BCUT2D eigenvalue weighted by atomic mass is 16.6. The van der Waals surface area contributed by atoms with Crippen LogP contribution < -0.4 is 5.32 Å². The fourth-order valence-corrected chi connectivity index (χ4v) is 1.43. The van der Waals surface area contributed by atoms with Crippen molar-refractivity contribution in [3.8, 4) is 0 Å². The first-order valence-corrected chi connectivity index (χ1v) is 5.02. The molecular weight excluding hydrogens is 215 g/mol. The molecule has 0 aliphatic carbocycles. The van der Waals surface area contributed by atoms with Crippen LogP contribution in [0.1, 0.15) is 12.5 Å². The van der Waals surface area contributed by atoms with Gasteiger partial charge in [0, 0.05) is 13.3 Å². The van der Waals surface area contributed by atoms with Crippen LogP contribution in [0.4, 0.5) is 0 Å². The number of methoxy groups -OCH3 is 1. The Balaban J connectivity index is 2.70. The van der Waals surface area contributed by atoms with Gasteiger partial charge in [-0.05, 0) is 5.56 Å². The molecule has 0 bridgehead atoms. The smallest absolute Gasteiger partial charge is 0.328 e. The third-order valence-electron chi connectivity index (χ3n) is 2.15. The summed E-state index contributed by atoms with van der Waals surface area (Å²) in [6.07, 6.45) is 0.438. The summed E-state index contributed by atoms with van der Waals surface area (Å²) in [7, 11) is 1.31. The topological polar surface area (TPSA) is 55.4 Å². The molecule has 0 saturated carbocycles. The summed E-state index contributed by atoms with van der Waals surface area (Å²) in [6.45, 7) is 1.38. The van der Waals surface area contributed by atoms with Crippen molar-refractivity contribution < 1.29 is 14.3 Å². The lowest BCUT2D eigenvalue weighted by Gasteiger charge is -2.15. The second-order valence-electron chi connectivity index (χ2n) is 3.47. The maximum Gasteiger partial charge on any atom is 0.328 e. The van der Waals surface area contributed by atoms with Crippen molar-refractivity contribution in [1.82, 2.24) is 5.32 Å². The van der Waals surface area contributed by atoms with Crippen LogP contribution in [0.15, 0.2) is 30.3 Å². The maximum absolute atomic E-state index is 11.4. The fraction of sp³-hybridized carbons (Fsp3) is 0.333. The van der Waals surface area contributed by atoms with Gasteiger partial charge in [-0.15, -0.1) is 0 Å². The van der Waals surface area contributed by atoms with E-state index in [1.54, 1.807) is 0 Å². The Bertz CT molecular complexity index is 362. The average Bonchev–Trinajstić information content (AvgIpc) is 2.28. The van der Waals surface area contributed by atoms with E-state index in [-0.39, 0.29) is 5.91 Å². The summed E-state index contributed by atoms with van der Waals surface area (Å²) in [5.41, 5.74) is 0.978. The first kappa shape index (κ1) is 12.2. The van der Waals surface area contributed by atoms with Gasteiger partial charge in [-0.25, -0.2) is 4.79 Å². The van der Waals surface area contributed by atoms with E-state index in [9.17, 15) is 9.59 Å². The number of hydrogen-bond acceptors (Lipinski definition) is 3. The predicted molar refractivity (Wildman–Crippen MR) is 59.8 cm³/mol. The lowest BCUT2D eigenvalue weighted by molar-refractivity contribution is -0.144. The molecule has 0 aliphatic heterocycles. The van der Waals surface area contributed by atoms with Gasteiger partial charge in [-0.3, -0.25) is 4.79 Å². The van der Waals surface area contributed by atoms with Crippen LogP contribution in [0, 0.1) is 0 Å². The van der Waals surface area contributed by atoms with Crippen LogP contribution >= 0.6 is 0 Å². The van der Waals surface area contributed by atoms with E-state index in [2.05, 4.69) is 10.1 Å². The lowest BCUT2D eigenvalue weighted by atomic mass is 10.7. The molecule has 1 aromatic rings. The summed E-state index contributed by atoms with van der Waals surface area (Å²) in [5.74, 6) is -0.676. The van der Waals surface area contributed by atoms with Crippen molar-refractivity contribution in [1.29, 1.82) is 0 Å². The van der Waals surface area contributed by atoms with E-state index in [4.69, 9.17) is 0 Å². The Kier molecular flexibility index (Phi) is 4.51. The zero-order valence-corrected chi connectivity index (χ0v) is 9.40. The molecule has 4 nitrogen and oxygen atoms in total. The SMILES string of the molecule is CO[13C](=O)[13CH]([13CH2][13c]1[13cH][13cH][13cH][13cH][13cH]1)NC(C)=O. The third-order valence-corrected chi connectivity index (χ3v) is 2.15. The van der Waals surface area contributed by atoms with Crippen LogP contribution in [0.3, 0.4) is 0 Å². The molecule has 0 aromatic heterocycles. The number of nitrogens with one attached hydrogen (secondary N) is 1. The molecule has 0 fully saturated rings. The molecular formula is C12H15NO3. The zero-order valence-electron chi connectivity index (χ0n) is 9.40. The normalized spacial score (nSPS) is 11.6. The summed E-state index contributed by atoms with van der Waals surface area (Å²) < 4.78 is 4.63. The number of carbonyl (C=O) groups excluding carboxylic acids is 2. The predicted octanol–water partition coefficient (Wildman–Crippen LogP) is 0.907. The van der Waals surface area contributed by atoms with Crippen LogP contribution in [0.25, 0.3) is 0 Å². The molecule has 1 amide bonds. The number of rotatable bonds is 4. The second-order valence-corrected chi connectivity index (χ2v) is 3.47. The van der Waals surface area contributed by atoms with Gasteiger partial charge in [-0.2, -0.15) is 0 Å². The molecule has 1 atom stereocenters. The Labute approximate surface area is 94.6 Å². The van der Waals surface area contributed by atoms with Gasteiger partial charge in [0.1, 0.15) is 6.04 Å². The molecule has 0 aliphatic rings. The maximum atomic E-state index is 11.4. The quantitative estimate of drug-likeness (QED) is 0.617. The molecule has 1 unspecified atom stereocenters.